The first-order valence-corrected chi connectivity index (χ1v) is 13.2. The number of carbonyl (C=O) groups is 1. The van der Waals surface area contributed by atoms with Crippen molar-refractivity contribution >= 4 is 17.3 Å². The summed E-state index contributed by atoms with van der Waals surface area (Å²) in [5.41, 5.74) is 5.57. The molecule has 3 aromatic carbocycles. The highest BCUT2D eigenvalue weighted by molar-refractivity contribution is 5.98. The number of oxazole rings is 1. The number of carbonyl (C=O) groups excluding carboxylic acids is 1. The fraction of sp³-hybridized carbons (Fsp3) is 0.312. The minimum absolute atomic E-state index is 0.0515. The van der Waals surface area contributed by atoms with E-state index in [-0.39, 0.29) is 11.3 Å². The predicted molar refractivity (Wildman–Crippen MR) is 155 cm³/mol. The number of nitrogens with zero attached hydrogens (tertiary/aromatic N) is 4. The topological polar surface area (TPSA) is 52.8 Å². The molecule has 0 bridgehead atoms. The molecule has 0 aliphatic carbocycles. The van der Waals surface area contributed by atoms with Gasteiger partial charge in [-0.05, 0) is 47.4 Å². The van der Waals surface area contributed by atoms with Gasteiger partial charge in [0.25, 0.3) is 5.91 Å². The molecule has 196 valence electrons. The van der Waals surface area contributed by atoms with Crippen molar-refractivity contribution in [1.29, 1.82) is 0 Å². The van der Waals surface area contributed by atoms with E-state index >= 15 is 0 Å². The molecule has 0 saturated carbocycles. The minimum atomic E-state index is -0.0933. The highest BCUT2D eigenvalue weighted by Gasteiger charge is 2.29. The van der Waals surface area contributed by atoms with Crippen LogP contribution in [-0.2, 0) is 5.41 Å². The third kappa shape index (κ3) is 5.30. The zero-order valence-electron chi connectivity index (χ0n) is 22.9. The highest BCUT2D eigenvalue weighted by atomic mass is 16.4. The van der Waals surface area contributed by atoms with Crippen LogP contribution in [0, 0.1) is 0 Å². The van der Waals surface area contributed by atoms with Gasteiger partial charge in [0.1, 0.15) is 0 Å². The summed E-state index contributed by atoms with van der Waals surface area (Å²) in [5, 5.41) is 0. The van der Waals surface area contributed by atoms with E-state index < -0.39 is 0 Å². The van der Waals surface area contributed by atoms with Gasteiger partial charge < -0.3 is 19.1 Å². The first-order chi connectivity index (χ1) is 18.2. The molecule has 4 aromatic rings. The highest BCUT2D eigenvalue weighted by Crippen LogP contribution is 2.34. The van der Waals surface area contributed by atoms with Gasteiger partial charge in [0.15, 0.2) is 11.5 Å². The first-order valence-electron chi connectivity index (χ1n) is 13.2. The lowest BCUT2D eigenvalue weighted by Crippen LogP contribution is -2.49. The van der Waals surface area contributed by atoms with E-state index in [9.17, 15) is 4.79 Å². The Morgan fingerprint density at radius 1 is 0.842 bits per heavy atom. The molecular formula is C32H36N4O2. The van der Waals surface area contributed by atoms with Crippen LogP contribution in [0.4, 0.5) is 11.4 Å². The Balaban J connectivity index is 1.47. The molecule has 0 spiro atoms. The van der Waals surface area contributed by atoms with E-state index in [1.54, 1.807) is 0 Å². The zero-order chi connectivity index (χ0) is 26.9. The molecular weight excluding hydrogens is 472 g/mol. The van der Waals surface area contributed by atoms with Gasteiger partial charge in [0.05, 0.1) is 0 Å². The van der Waals surface area contributed by atoms with E-state index in [1.807, 2.05) is 78.5 Å². The van der Waals surface area contributed by atoms with Crippen molar-refractivity contribution in [2.45, 2.75) is 26.2 Å². The van der Waals surface area contributed by atoms with Gasteiger partial charge in [-0.3, -0.25) is 4.79 Å². The smallest absolute Gasteiger partial charge is 0.276 e. The van der Waals surface area contributed by atoms with Crippen LogP contribution in [0.3, 0.4) is 0 Å². The number of piperazine rings is 1. The van der Waals surface area contributed by atoms with Crippen LogP contribution in [0.5, 0.6) is 0 Å². The maximum absolute atomic E-state index is 13.9. The average molecular weight is 509 g/mol. The molecule has 1 amide bonds. The largest absolute Gasteiger partial charge is 0.435 e. The van der Waals surface area contributed by atoms with E-state index in [0.717, 1.165) is 29.9 Å². The molecule has 1 saturated heterocycles. The van der Waals surface area contributed by atoms with E-state index in [4.69, 9.17) is 9.40 Å². The second kappa shape index (κ2) is 10.4. The van der Waals surface area contributed by atoms with Crippen molar-refractivity contribution < 1.29 is 9.21 Å². The van der Waals surface area contributed by atoms with Crippen LogP contribution in [0.25, 0.3) is 22.8 Å². The minimum Gasteiger partial charge on any atom is -0.435 e. The summed E-state index contributed by atoms with van der Waals surface area (Å²) in [4.78, 5) is 24.9. The Hall–Kier alpha value is -4.06. The molecule has 38 heavy (non-hydrogen) atoms. The molecule has 0 radical (unpaired) electrons. The number of benzene rings is 3. The van der Waals surface area contributed by atoms with Crippen molar-refractivity contribution in [2.24, 2.45) is 0 Å². The fourth-order valence-corrected chi connectivity index (χ4v) is 4.78. The van der Waals surface area contributed by atoms with Gasteiger partial charge >= 0.3 is 0 Å². The summed E-state index contributed by atoms with van der Waals surface area (Å²) < 4.78 is 6.36. The molecule has 1 aromatic heterocycles. The van der Waals surface area contributed by atoms with Crippen LogP contribution in [0.2, 0.25) is 0 Å². The maximum atomic E-state index is 13.9. The number of hydrogen-bond donors (Lipinski definition) is 0. The molecule has 0 N–H and O–H groups in total. The molecule has 1 aliphatic rings. The lowest BCUT2D eigenvalue weighted by Gasteiger charge is -2.35. The van der Waals surface area contributed by atoms with Gasteiger partial charge in [-0.1, -0.05) is 63.2 Å². The third-order valence-corrected chi connectivity index (χ3v) is 7.14. The monoisotopic (exact) mass is 508 g/mol. The summed E-state index contributed by atoms with van der Waals surface area (Å²) in [5.74, 6) is 0.880. The number of para-hydroxylation sites is 1. The normalized spacial score (nSPS) is 14.0. The molecule has 1 aliphatic heterocycles. The number of rotatable bonds is 5. The molecule has 6 heteroatoms. The third-order valence-electron chi connectivity index (χ3n) is 7.14. The molecule has 5 rings (SSSR count). The van der Waals surface area contributed by atoms with Gasteiger partial charge in [-0.25, -0.2) is 4.98 Å². The first kappa shape index (κ1) is 25.6. The molecule has 1 fully saturated rings. The summed E-state index contributed by atoms with van der Waals surface area (Å²) in [6.45, 7) is 9.40. The Labute approximate surface area is 225 Å². The molecule has 6 nitrogen and oxygen atoms in total. The maximum Gasteiger partial charge on any atom is 0.276 e. The second-order valence-electron chi connectivity index (χ2n) is 11.1. The zero-order valence-corrected chi connectivity index (χ0v) is 22.9. The number of aromatic nitrogens is 1. The van der Waals surface area contributed by atoms with Crippen molar-refractivity contribution in [3.8, 4) is 22.8 Å². The van der Waals surface area contributed by atoms with Crippen molar-refractivity contribution in [2.75, 3.05) is 50.1 Å². The Kier molecular flexibility index (Phi) is 6.98. The van der Waals surface area contributed by atoms with Crippen LogP contribution in [-0.4, -0.2) is 56.1 Å². The Morgan fingerprint density at radius 2 is 1.53 bits per heavy atom. The Bertz CT molecular complexity index is 1390. The SMILES string of the molecule is CN(C)c1cccc(-c2oc(-c3ccc(C(C)(C)C)cc3)nc2C(=O)N2CCN(c3ccccc3)CC2)c1. The van der Waals surface area contributed by atoms with Gasteiger partial charge in [-0.2, -0.15) is 0 Å². The van der Waals surface area contributed by atoms with Crippen molar-refractivity contribution in [3.05, 3.63) is 90.1 Å². The lowest BCUT2D eigenvalue weighted by molar-refractivity contribution is 0.0742. The van der Waals surface area contributed by atoms with Crippen molar-refractivity contribution in [3.63, 3.8) is 0 Å². The van der Waals surface area contributed by atoms with E-state index in [2.05, 4.69) is 49.9 Å². The van der Waals surface area contributed by atoms with Gasteiger partial charge in [0.2, 0.25) is 5.89 Å². The van der Waals surface area contributed by atoms with E-state index in [0.29, 0.717) is 30.4 Å². The summed E-state index contributed by atoms with van der Waals surface area (Å²) in [7, 11) is 4.00. The molecule has 0 atom stereocenters. The van der Waals surface area contributed by atoms with Crippen molar-refractivity contribution in [1.82, 2.24) is 9.88 Å². The van der Waals surface area contributed by atoms with Crippen LogP contribution >= 0.6 is 0 Å². The number of anilines is 2. The van der Waals surface area contributed by atoms with Gasteiger partial charge in [-0.15, -0.1) is 0 Å². The Morgan fingerprint density at radius 3 is 2.16 bits per heavy atom. The standard InChI is InChI=1S/C32H36N4O2/c1-32(2,3)25-16-14-23(15-17-25)30-33-28(29(38-30)24-10-9-13-27(22-24)34(4)5)31(37)36-20-18-35(19-21-36)26-11-7-6-8-12-26/h6-17,22H,18-21H2,1-5H3. The number of amides is 1. The summed E-state index contributed by atoms with van der Waals surface area (Å²) in [6, 6.07) is 26.7. The van der Waals surface area contributed by atoms with E-state index in [1.165, 1.54) is 11.3 Å². The number of hydrogen-bond acceptors (Lipinski definition) is 5. The quantitative estimate of drug-likeness (QED) is 0.315. The van der Waals surface area contributed by atoms with Crippen LogP contribution in [0.1, 0.15) is 36.8 Å². The van der Waals surface area contributed by atoms with Crippen LogP contribution < -0.4 is 9.80 Å². The molecule has 2 heterocycles. The average Bonchev–Trinajstić information content (AvgIpc) is 3.38. The molecule has 0 unspecified atom stereocenters. The van der Waals surface area contributed by atoms with Gasteiger partial charge in [0, 0.05) is 62.8 Å². The fourth-order valence-electron chi connectivity index (χ4n) is 4.78. The lowest BCUT2D eigenvalue weighted by atomic mass is 9.87. The second-order valence-corrected chi connectivity index (χ2v) is 11.1. The summed E-state index contributed by atoms with van der Waals surface area (Å²) >= 11 is 0. The van der Waals surface area contributed by atoms with Crippen LogP contribution in [0.15, 0.2) is 83.3 Å². The summed E-state index contributed by atoms with van der Waals surface area (Å²) in [6.07, 6.45) is 0. The predicted octanol–water partition coefficient (Wildman–Crippen LogP) is 6.33.